The van der Waals surface area contributed by atoms with Crippen molar-refractivity contribution in [3.8, 4) is 5.75 Å². The fourth-order valence-corrected chi connectivity index (χ4v) is 4.20. The Morgan fingerprint density at radius 3 is 2.57 bits per heavy atom. The van der Waals surface area contributed by atoms with Crippen LogP contribution in [0.3, 0.4) is 0 Å². The average Bonchev–Trinajstić information content (AvgIpc) is 2.40. The minimum Gasteiger partial charge on any atom is -0.495 e. The average molecular weight is 379 g/mol. The Labute approximate surface area is 133 Å². The number of sulfonamides is 1. The summed E-state index contributed by atoms with van der Waals surface area (Å²) >= 11 is 3.26. The van der Waals surface area contributed by atoms with E-state index in [4.69, 9.17) is 15.2 Å². The number of ether oxygens (including phenoxy) is 2. The summed E-state index contributed by atoms with van der Waals surface area (Å²) in [6.07, 6.45) is 1.25. The van der Waals surface area contributed by atoms with Gasteiger partial charge in [-0.1, -0.05) is 0 Å². The normalized spacial score (nSPS) is 18.4. The number of nitrogen functional groups attached to an aromatic ring is 1. The zero-order valence-electron chi connectivity index (χ0n) is 12.0. The SMILES string of the molecule is COc1cc(Br)c(N)cc1S(=O)(=O)NC1(C)CCOCC1. The molecule has 6 nitrogen and oxygen atoms in total. The summed E-state index contributed by atoms with van der Waals surface area (Å²) < 4.78 is 39.1. The van der Waals surface area contributed by atoms with Gasteiger partial charge in [0.05, 0.1) is 7.11 Å². The first-order chi connectivity index (χ1) is 9.77. The van der Waals surface area contributed by atoms with Crippen molar-refractivity contribution in [2.75, 3.05) is 26.1 Å². The van der Waals surface area contributed by atoms with E-state index in [1.165, 1.54) is 13.2 Å². The molecule has 1 aliphatic rings. The number of hydrogen-bond acceptors (Lipinski definition) is 5. The van der Waals surface area contributed by atoms with Gasteiger partial charge in [0.2, 0.25) is 10.0 Å². The molecule has 0 unspecified atom stereocenters. The lowest BCUT2D eigenvalue weighted by Crippen LogP contribution is -2.49. The highest BCUT2D eigenvalue weighted by Crippen LogP contribution is 2.33. The Hall–Kier alpha value is -0.830. The van der Waals surface area contributed by atoms with Crippen LogP contribution >= 0.6 is 15.9 Å². The Morgan fingerprint density at radius 1 is 1.38 bits per heavy atom. The minimum absolute atomic E-state index is 0.0402. The molecule has 0 radical (unpaired) electrons. The molecule has 0 aliphatic carbocycles. The Morgan fingerprint density at radius 2 is 2.00 bits per heavy atom. The van der Waals surface area contributed by atoms with Crippen LogP contribution in [-0.2, 0) is 14.8 Å². The Kier molecular flexibility index (Phi) is 4.82. The van der Waals surface area contributed by atoms with Gasteiger partial charge < -0.3 is 15.2 Å². The topological polar surface area (TPSA) is 90.7 Å². The van der Waals surface area contributed by atoms with Crippen molar-refractivity contribution < 1.29 is 17.9 Å². The van der Waals surface area contributed by atoms with Crippen molar-refractivity contribution in [1.82, 2.24) is 4.72 Å². The van der Waals surface area contributed by atoms with E-state index in [-0.39, 0.29) is 10.6 Å². The van der Waals surface area contributed by atoms with Crippen LogP contribution in [0.25, 0.3) is 0 Å². The first kappa shape index (κ1) is 16.5. The second kappa shape index (κ2) is 6.12. The van der Waals surface area contributed by atoms with Gasteiger partial charge >= 0.3 is 0 Å². The van der Waals surface area contributed by atoms with Crippen molar-refractivity contribution in [1.29, 1.82) is 0 Å². The molecule has 8 heteroatoms. The van der Waals surface area contributed by atoms with Crippen molar-refractivity contribution >= 4 is 31.6 Å². The molecule has 1 aromatic rings. The lowest BCUT2D eigenvalue weighted by molar-refractivity contribution is 0.0537. The Bertz CT molecular complexity index is 627. The third kappa shape index (κ3) is 3.68. The van der Waals surface area contributed by atoms with Crippen LogP contribution in [-0.4, -0.2) is 34.3 Å². The van der Waals surface area contributed by atoms with Crippen LogP contribution in [0.4, 0.5) is 5.69 Å². The summed E-state index contributed by atoms with van der Waals surface area (Å²) in [6.45, 7) is 2.96. The van der Waals surface area contributed by atoms with Gasteiger partial charge in [-0.3, -0.25) is 0 Å². The number of halogens is 1. The minimum atomic E-state index is -3.73. The van der Waals surface area contributed by atoms with E-state index in [1.807, 2.05) is 6.92 Å². The van der Waals surface area contributed by atoms with Crippen molar-refractivity contribution in [3.63, 3.8) is 0 Å². The van der Waals surface area contributed by atoms with Gasteiger partial charge in [0.15, 0.2) is 0 Å². The van der Waals surface area contributed by atoms with E-state index in [0.29, 0.717) is 36.2 Å². The number of anilines is 1. The molecule has 3 N–H and O–H groups in total. The van der Waals surface area contributed by atoms with E-state index >= 15 is 0 Å². The molecule has 1 aromatic carbocycles. The van der Waals surface area contributed by atoms with Crippen LogP contribution in [0.15, 0.2) is 21.5 Å². The van der Waals surface area contributed by atoms with Gasteiger partial charge in [-0.15, -0.1) is 0 Å². The maximum atomic E-state index is 12.6. The summed E-state index contributed by atoms with van der Waals surface area (Å²) in [5.41, 5.74) is 5.61. The van der Waals surface area contributed by atoms with Crippen molar-refractivity contribution in [3.05, 3.63) is 16.6 Å². The van der Waals surface area contributed by atoms with E-state index in [1.54, 1.807) is 6.07 Å². The maximum Gasteiger partial charge on any atom is 0.244 e. The van der Waals surface area contributed by atoms with Gasteiger partial charge in [-0.05, 0) is 47.8 Å². The van der Waals surface area contributed by atoms with Crippen molar-refractivity contribution in [2.45, 2.75) is 30.2 Å². The molecule has 2 rings (SSSR count). The van der Waals surface area contributed by atoms with E-state index < -0.39 is 15.6 Å². The van der Waals surface area contributed by atoms with Gasteiger partial charge in [-0.2, -0.15) is 0 Å². The number of benzene rings is 1. The first-order valence-corrected chi connectivity index (χ1v) is 8.80. The van der Waals surface area contributed by atoms with Crippen LogP contribution < -0.4 is 15.2 Å². The number of hydrogen-bond donors (Lipinski definition) is 2. The predicted octanol–water partition coefficient (Wildman–Crippen LogP) is 1.89. The van der Waals surface area contributed by atoms with Crippen molar-refractivity contribution in [2.24, 2.45) is 0 Å². The second-order valence-corrected chi connectivity index (χ2v) is 7.81. The third-order valence-corrected chi connectivity index (χ3v) is 5.90. The molecule has 1 heterocycles. The quantitative estimate of drug-likeness (QED) is 0.780. The molecule has 1 saturated heterocycles. The number of methoxy groups -OCH3 is 1. The lowest BCUT2D eigenvalue weighted by Gasteiger charge is -2.34. The highest BCUT2D eigenvalue weighted by Gasteiger charge is 2.34. The van der Waals surface area contributed by atoms with E-state index in [2.05, 4.69) is 20.7 Å². The smallest absolute Gasteiger partial charge is 0.244 e. The molecule has 1 aliphatic heterocycles. The number of rotatable bonds is 4. The molecule has 0 amide bonds. The summed E-state index contributed by atoms with van der Waals surface area (Å²) in [5, 5.41) is 0. The van der Waals surface area contributed by atoms with Gasteiger partial charge in [0, 0.05) is 28.9 Å². The monoisotopic (exact) mass is 378 g/mol. The van der Waals surface area contributed by atoms with Gasteiger partial charge in [0.25, 0.3) is 0 Å². The summed E-state index contributed by atoms with van der Waals surface area (Å²) in [6, 6.07) is 2.95. The lowest BCUT2D eigenvalue weighted by atomic mass is 9.94. The Balaban J connectivity index is 2.37. The highest BCUT2D eigenvalue weighted by molar-refractivity contribution is 9.10. The molecule has 21 heavy (non-hydrogen) atoms. The maximum absolute atomic E-state index is 12.6. The molecule has 118 valence electrons. The van der Waals surface area contributed by atoms with Gasteiger partial charge in [-0.25, -0.2) is 13.1 Å². The number of nitrogens with one attached hydrogen (secondary N) is 1. The molecule has 0 spiro atoms. The zero-order valence-corrected chi connectivity index (χ0v) is 14.4. The molecule has 0 bridgehead atoms. The molecule has 1 fully saturated rings. The highest BCUT2D eigenvalue weighted by atomic mass is 79.9. The van der Waals surface area contributed by atoms with Crippen LogP contribution in [0.1, 0.15) is 19.8 Å². The van der Waals surface area contributed by atoms with Gasteiger partial charge in [0.1, 0.15) is 10.6 Å². The largest absolute Gasteiger partial charge is 0.495 e. The van der Waals surface area contributed by atoms with Crippen LogP contribution in [0.5, 0.6) is 5.75 Å². The summed E-state index contributed by atoms with van der Waals surface area (Å²) in [5.74, 6) is 0.249. The van der Waals surface area contributed by atoms with E-state index in [0.717, 1.165) is 0 Å². The van der Waals surface area contributed by atoms with E-state index in [9.17, 15) is 8.42 Å². The molecular formula is C13H19BrN2O4S. The molecule has 0 aromatic heterocycles. The molecular weight excluding hydrogens is 360 g/mol. The first-order valence-electron chi connectivity index (χ1n) is 6.52. The third-order valence-electron chi connectivity index (χ3n) is 3.55. The fraction of sp³-hybridized carbons (Fsp3) is 0.538. The zero-order chi connectivity index (χ0) is 15.7. The summed E-state index contributed by atoms with van der Waals surface area (Å²) in [7, 11) is -2.31. The van der Waals surface area contributed by atoms with Crippen LogP contribution in [0, 0.1) is 0 Å². The van der Waals surface area contributed by atoms with Crippen LogP contribution in [0.2, 0.25) is 0 Å². The fourth-order valence-electron chi connectivity index (χ4n) is 2.22. The molecule has 0 saturated carbocycles. The number of nitrogens with two attached hydrogens (primary N) is 1. The summed E-state index contributed by atoms with van der Waals surface area (Å²) in [4.78, 5) is 0.0402. The second-order valence-electron chi connectivity index (χ2n) is 5.30. The standard InChI is InChI=1S/C13H19BrN2O4S/c1-13(3-5-20-6-4-13)16-21(17,18)12-8-10(15)9(14)7-11(12)19-2/h7-8,16H,3-6,15H2,1-2H3. The predicted molar refractivity (Wildman–Crippen MR) is 83.9 cm³/mol. The molecule has 0 atom stereocenters.